The fourth-order valence-electron chi connectivity index (χ4n) is 3.64. The van der Waals surface area contributed by atoms with Crippen molar-refractivity contribution in [3.05, 3.63) is 42.2 Å². The van der Waals surface area contributed by atoms with E-state index in [2.05, 4.69) is 16.1 Å². The monoisotopic (exact) mass is 409 g/mol. The molecule has 158 valence electrons. The summed E-state index contributed by atoms with van der Waals surface area (Å²) in [4.78, 5) is 20.9. The van der Waals surface area contributed by atoms with E-state index in [-0.39, 0.29) is 12.2 Å². The number of benzene rings is 1. The number of nitrogens with zero attached hydrogens (tertiary/aromatic N) is 5. The molecule has 0 aliphatic carbocycles. The molecule has 0 N–H and O–H groups in total. The van der Waals surface area contributed by atoms with Crippen molar-refractivity contribution in [1.82, 2.24) is 19.5 Å². The summed E-state index contributed by atoms with van der Waals surface area (Å²) in [6.45, 7) is 8.38. The van der Waals surface area contributed by atoms with Gasteiger partial charge in [-0.25, -0.2) is 14.3 Å². The molecule has 0 atom stereocenters. The molecule has 0 bridgehead atoms. The van der Waals surface area contributed by atoms with Crippen molar-refractivity contribution in [3.8, 4) is 16.9 Å². The molecule has 1 aromatic carbocycles. The van der Waals surface area contributed by atoms with E-state index < -0.39 is 0 Å². The number of anilines is 1. The van der Waals surface area contributed by atoms with E-state index in [9.17, 15) is 4.79 Å². The van der Waals surface area contributed by atoms with Crippen LogP contribution < -0.4 is 9.64 Å². The maximum absolute atomic E-state index is 12.1. The van der Waals surface area contributed by atoms with Crippen LogP contribution in [0.5, 0.6) is 5.75 Å². The molecule has 8 nitrogen and oxygen atoms in total. The first-order valence-electron chi connectivity index (χ1n) is 10.2. The van der Waals surface area contributed by atoms with Crippen LogP contribution >= 0.6 is 0 Å². The van der Waals surface area contributed by atoms with E-state index in [1.54, 1.807) is 16.5 Å². The lowest BCUT2D eigenvalue weighted by Crippen LogP contribution is -2.49. The average molecular weight is 409 g/mol. The van der Waals surface area contributed by atoms with Crippen LogP contribution in [0.15, 0.2) is 36.7 Å². The van der Waals surface area contributed by atoms with Gasteiger partial charge >= 0.3 is 6.09 Å². The SMILES string of the molecule is COc1cc(C)ccc1-c1cnn2ccc(N3CCN(C(=O)OC(C)C)CC3)nc12. The molecule has 1 saturated heterocycles. The van der Waals surface area contributed by atoms with Gasteiger partial charge in [0.15, 0.2) is 5.65 Å². The van der Waals surface area contributed by atoms with Gasteiger partial charge in [0.1, 0.15) is 11.6 Å². The van der Waals surface area contributed by atoms with Crippen molar-refractivity contribution in [2.75, 3.05) is 38.2 Å². The highest BCUT2D eigenvalue weighted by Crippen LogP contribution is 2.33. The quantitative estimate of drug-likeness (QED) is 0.658. The van der Waals surface area contributed by atoms with Gasteiger partial charge in [-0.15, -0.1) is 0 Å². The average Bonchev–Trinajstić information content (AvgIpc) is 3.16. The van der Waals surface area contributed by atoms with Crippen LogP contribution in [0.25, 0.3) is 16.8 Å². The molecule has 0 radical (unpaired) electrons. The van der Waals surface area contributed by atoms with Crippen molar-refractivity contribution in [3.63, 3.8) is 0 Å². The highest BCUT2D eigenvalue weighted by Gasteiger charge is 2.24. The zero-order valence-corrected chi connectivity index (χ0v) is 17.8. The first kappa shape index (κ1) is 20.0. The fraction of sp³-hybridized carbons (Fsp3) is 0.409. The van der Waals surface area contributed by atoms with Crippen LogP contribution in [0, 0.1) is 6.92 Å². The van der Waals surface area contributed by atoms with E-state index in [0.717, 1.165) is 33.9 Å². The van der Waals surface area contributed by atoms with Crippen LogP contribution in [-0.2, 0) is 4.74 Å². The third-order valence-electron chi connectivity index (χ3n) is 5.20. The smallest absolute Gasteiger partial charge is 0.410 e. The first-order chi connectivity index (χ1) is 14.5. The Balaban J connectivity index is 1.58. The number of carbonyl (C=O) groups is 1. The Morgan fingerprint density at radius 2 is 1.87 bits per heavy atom. The first-order valence-corrected chi connectivity index (χ1v) is 10.2. The Morgan fingerprint density at radius 3 is 2.57 bits per heavy atom. The molecule has 1 aliphatic rings. The molecule has 1 aliphatic heterocycles. The van der Waals surface area contributed by atoms with E-state index in [0.29, 0.717) is 26.2 Å². The number of rotatable bonds is 4. The predicted octanol–water partition coefficient (Wildman–Crippen LogP) is 3.38. The molecule has 30 heavy (non-hydrogen) atoms. The van der Waals surface area contributed by atoms with Gasteiger partial charge in [0, 0.05) is 37.9 Å². The van der Waals surface area contributed by atoms with E-state index in [1.807, 2.05) is 51.4 Å². The molecule has 2 aromatic heterocycles. The maximum atomic E-state index is 12.1. The second-order valence-corrected chi connectivity index (χ2v) is 7.72. The topological polar surface area (TPSA) is 72.2 Å². The second kappa shape index (κ2) is 8.22. The molecule has 4 rings (SSSR count). The zero-order chi connectivity index (χ0) is 21.3. The number of carbonyl (C=O) groups excluding carboxylic acids is 1. The number of amides is 1. The van der Waals surface area contributed by atoms with Crippen molar-refractivity contribution in [2.24, 2.45) is 0 Å². The summed E-state index contributed by atoms with van der Waals surface area (Å²) in [5, 5.41) is 4.45. The molecule has 0 saturated carbocycles. The van der Waals surface area contributed by atoms with Crippen molar-refractivity contribution >= 4 is 17.6 Å². The molecule has 3 heterocycles. The fourth-order valence-corrected chi connectivity index (χ4v) is 3.64. The summed E-state index contributed by atoms with van der Waals surface area (Å²) in [7, 11) is 1.67. The van der Waals surface area contributed by atoms with Gasteiger partial charge in [-0.1, -0.05) is 12.1 Å². The second-order valence-electron chi connectivity index (χ2n) is 7.72. The minimum atomic E-state index is -0.252. The van der Waals surface area contributed by atoms with Crippen LogP contribution in [-0.4, -0.2) is 65.0 Å². The van der Waals surface area contributed by atoms with Gasteiger partial charge in [0.05, 0.1) is 25.0 Å². The summed E-state index contributed by atoms with van der Waals surface area (Å²) in [5.41, 5.74) is 3.79. The van der Waals surface area contributed by atoms with Gasteiger partial charge in [-0.2, -0.15) is 5.10 Å². The lowest BCUT2D eigenvalue weighted by atomic mass is 10.1. The van der Waals surface area contributed by atoms with Gasteiger partial charge in [0.2, 0.25) is 0 Å². The number of aromatic nitrogens is 3. The lowest BCUT2D eigenvalue weighted by Gasteiger charge is -2.35. The zero-order valence-electron chi connectivity index (χ0n) is 17.8. The van der Waals surface area contributed by atoms with Crippen LogP contribution in [0.2, 0.25) is 0 Å². The Morgan fingerprint density at radius 1 is 1.10 bits per heavy atom. The van der Waals surface area contributed by atoms with Gasteiger partial charge in [0.25, 0.3) is 0 Å². The number of fused-ring (bicyclic) bond motifs is 1. The van der Waals surface area contributed by atoms with Crippen molar-refractivity contribution in [1.29, 1.82) is 0 Å². The molecule has 0 spiro atoms. The van der Waals surface area contributed by atoms with Crippen LogP contribution in [0.4, 0.5) is 10.6 Å². The Labute approximate surface area is 176 Å². The molecular weight excluding hydrogens is 382 g/mol. The van der Waals surface area contributed by atoms with Gasteiger partial charge < -0.3 is 19.3 Å². The summed E-state index contributed by atoms with van der Waals surface area (Å²) in [5.74, 6) is 1.67. The molecule has 3 aromatic rings. The highest BCUT2D eigenvalue weighted by atomic mass is 16.6. The number of hydrogen-bond acceptors (Lipinski definition) is 6. The molecule has 0 unspecified atom stereocenters. The molecule has 1 fully saturated rings. The molecular formula is C22H27N5O3. The van der Waals surface area contributed by atoms with Gasteiger partial charge in [-0.05, 0) is 38.5 Å². The van der Waals surface area contributed by atoms with Crippen LogP contribution in [0.3, 0.4) is 0 Å². The van der Waals surface area contributed by atoms with E-state index >= 15 is 0 Å². The summed E-state index contributed by atoms with van der Waals surface area (Å²) < 4.78 is 12.7. The Kier molecular flexibility index (Phi) is 5.48. The number of aryl methyl sites for hydroxylation is 1. The summed E-state index contributed by atoms with van der Waals surface area (Å²) in [6.07, 6.45) is 3.37. The van der Waals surface area contributed by atoms with Crippen LogP contribution in [0.1, 0.15) is 19.4 Å². The van der Waals surface area contributed by atoms with E-state index in [4.69, 9.17) is 14.5 Å². The standard InChI is InChI=1S/C22H27N5O3/c1-15(2)30-22(28)26-11-9-25(10-12-26)20-7-8-27-21(24-20)18(14-23-27)17-6-5-16(3)13-19(17)29-4/h5-8,13-15H,9-12H2,1-4H3. The predicted molar refractivity (Wildman–Crippen MR) is 115 cm³/mol. The summed E-state index contributed by atoms with van der Waals surface area (Å²) in [6, 6.07) is 8.07. The Bertz CT molecular complexity index is 1050. The number of piperazine rings is 1. The van der Waals surface area contributed by atoms with Crippen molar-refractivity contribution < 1.29 is 14.3 Å². The Hall–Kier alpha value is -3.29. The van der Waals surface area contributed by atoms with Crippen molar-refractivity contribution in [2.45, 2.75) is 26.9 Å². The summed E-state index contributed by atoms with van der Waals surface area (Å²) >= 11 is 0. The minimum absolute atomic E-state index is 0.112. The minimum Gasteiger partial charge on any atom is -0.496 e. The molecule has 1 amide bonds. The largest absolute Gasteiger partial charge is 0.496 e. The van der Waals surface area contributed by atoms with Gasteiger partial charge in [-0.3, -0.25) is 0 Å². The third-order valence-corrected chi connectivity index (χ3v) is 5.20. The third kappa shape index (κ3) is 3.90. The number of ether oxygens (including phenoxy) is 2. The maximum Gasteiger partial charge on any atom is 0.410 e. The lowest BCUT2D eigenvalue weighted by molar-refractivity contribution is 0.0751. The number of methoxy groups -OCH3 is 1. The number of hydrogen-bond donors (Lipinski definition) is 0. The molecule has 8 heteroatoms. The van der Waals surface area contributed by atoms with E-state index in [1.165, 1.54) is 0 Å². The highest BCUT2D eigenvalue weighted by molar-refractivity contribution is 5.82. The normalized spacial score (nSPS) is 14.4.